The van der Waals surface area contributed by atoms with Gasteiger partial charge in [-0.3, -0.25) is 9.78 Å². The van der Waals surface area contributed by atoms with Crippen LogP contribution in [0.5, 0.6) is 0 Å². The molecule has 644 valence electrons. The van der Waals surface area contributed by atoms with Crippen molar-refractivity contribution in [3.05, 3.63) is 240 Å². The van der Waals surface area contributed by atoms with E-state index in [1.807, 2.05) is 359 Å². The molecule has 8 heterocycles. The highest BCUT2D eigenvalue weighted by atomic mass is 32.1. The number of H-pyrrole nitrogens is 2. The molecule has 8 aromatic heterocycles. The highest BCUT2D eigenvalue weighted by molar-refractivity contribution is 7.13. The van der Waals surface area contributed by atoms with Crippen LogP contribution in [0.15, 0.2) is 209 Å². The lowest BCUT2D eigenvalue weighted by Crippen LogP contribution is -1.88. The third-order valence-electron chi connectivity index (χ3n) is 12.6. The predicted molar refractivity (Wildman–Crippen MR) is 525 cm³/mol. The molecular formula is C99H163N11O3S2. The summed E-state index contributed by atoms with van der Waals surface area (Å²) in [7, 11) is 1.96. The van der Waals surface area contributed by atoms with Crippen LogP contribution in [-0.2, 0) is 7.05 Å². The summed E-state index contributed by atoms with van der Waals surface area (Å²) in [6, 6.07) is 49.4. The van der Waals surface area contributed by atoms with E-state index in [1.165, 1.54) is 87.4 Å². The van der Waals surface area contributed by atoms with Gasteiger partial charge in [0.05, 0.1) is 62.6 Å². The number of hydrogen-bond acceptors (Lipinski definition) is 13. The highest BCUT2D eigenvalue weighted by Gasteiger charge is 2.01. The molecule has 14 nitrogen and oxygen atoms in total. The van der Waals surface area contributed by atoms with Gasteiger partial charge in [-0.2, -0.15) is 18.9 Å². The standard InChI is InChI=1S/C9H10N2.2C8H8N2.3C8H7NO.2C8H7NS.17C2H6/c1-7-3-4-8-6-10-11(2)9(8)5-7;1-6-2-3-8-7(4-6)5-9-10-8;1-6-2-3-7-8(4-6)10-5-9-7;1-6-2-3-8-7(4-6)9-5-10-8;1-6-2-3-8-7(4-6)5-9-10-8;1-6-2-3-7-5-9-10-8(7)4-6;1-6-2-3-8-7(4-6)5-9-10-8;1-6-2-3-7-5-9-10-8(7)4-6;17*1-2/h3-6H,1-2H3;2*2-5H,1H3,(H,9,10);5*2-5H,1H3;17*1-2H3. The summed E-state index contributed by atoms with van der Waals surface area (Å²) in [4.78, 5) is 11.2. The number of nitrogens with zero attached hydrogens (tertiary/aromatic N) is 9. The molecule has 0 spiro atoms. The summed E-state index contributed by atoms with van der Waals surface area (Å²) in [6.45, 7) is 84.5. The summed E-state index contributed by atoms with van der Waals surface area (Å²) in [6.07, 6.45) is 14.1. The van der Waals surface area contributed by atoms with Crippen molar-refractivity contribution in [3.63, 3.8) is 0 Å². The number of fused-ring (bicyclic) bond motifs is 8. The molecule has 115 heavy (non-hydrogen) atoms. The van der Waals surface area contributed by atoms with Gasteiger partial charge in [0.2, 0.25) is 0 Å². The molecule has 0 aliphatic heterocycles. The molecule has 0 saturated carbocycles. The van der Waals surface area contributed by atoms with E-state index < -0.39 is 0 Å². The van der Waals surface area contributed by atoms with Crippen LogP contribution in [0.3, 0.4) is 0 Å². The molecule has 0 unspecified atom stereocenters. The molecule has 0 aliphatic carbocycles. The van der Waals surface area contributed by atoms with Crippen LogP contribution in [0, 0.1) is 55.4 Å². The Morgan fingerprint density at radius 3 is 1.27 bits per heavy atom. The Morgan fingerprint density at radius 2 is 0.704 bits per heavy atom. The molecule has 8 aromatic carbocycles. The third kappa shape index (κ3) is 51.7. The first-order valence-electron chi connectivity index (χ1n) is 43.0. The number of benzene rings is 8. The second kappa shape index (κ2) is 88.3. The lowest BCUT2D eigenvalue weighted by Gasteiger charge is -1.94. The van der Waals surface area contributed by atoms with Gasteiger partial charge in [-0.1, -0.05) is 323 Å². The van der Waals surface area contributed by atoms with E-state index in [-0.39, 0.29) is 0 Å². The summed E-state index contributed by atoms with van der Waals surface area (Å²) < 4.78 is 27.5. The number of aromatic nitrogens is 11. The van der Waals surface area contributed by atoms with Gasteiger partial charge in [0.25, 0.3) is 0 Å². The van der Waals surface area contributed by atoms with Gasteiger partial charge in [0.1, 0.15) is 5.52 Å². The number of aryl methyl sites for hydroxylation is 9. The van der Waals surface area contributed by atoms with Crippen molar-refractivity contribution in [1.29, 1.82) is 0 Å². The van der Waals surface area contributed by atoms with Crippen molar-refractivity contribution in [3.8, 4) is 0 Å². The van der Waals surface area contributed by atoms with E-state index in [9.17, 15) is 0 Å². The summed E-state index contributed by atoms with van der Waals surface area (Å²) in [5.74, 6) is 0. The second-order valence-electron chi connectivity index (χ2n) is 19.5. The van der Waals surface area contributed by atoms with Crippen molar-refractivity contribution in [1.82, 2.24) is 54.0 Å². The van der Waals surface area contributed by atoms with E-state index >= 15 is 0 Å². The van der Waals surface area contributed by atoms with Crippen LogP contribution in [0.4, 0.5) is 0 Å². The van der Waals surface area contributed by atoms with Crippen molar-refractivity contribution in [2.75, 3.05) is 0 Å². The maximum atomic E-state index is 5.06. The zero-order valence-electron chi connectivity index (χ0n) is 80.5. The van der Waals surface area contributed by atoms with Gasteiger partial charge in [-0.25, -0.2) is 9.97 Å². The third-order valence-corrected chi connectivity index (χ3v) is 14.1. The first kappa shape index (κ1) is 124. The van der Waals surface area contributed by atoms with E-state index in [0.717, 1.165) is 49.6 Å². The molecule has 0 atom stereocenters. The molecule has 16 aromatic rings. The first-order valence-corrected chi connectivity index (χ1v) is 44.6. The van der Waals surface area contributed by atoms with Gasteiger partial charge in [-0.15, -0.1) is 0 Å². The molecule has 16 heteroatoms. The topological polar surface area (TPSA) is 179 Å². The second-order valence-corrected chi connectivity index (χ2v) is 21.2. The Bertz CT molecular complexity index is 3900. The van der Waals surface area contributed by atoms with Crippen molar-refractivity contribution < 1.29 is 13.5 Å². The van der Waals surface area contributed by atoms with Crippen molar-refractivity contribution in [2.24, 2.45) is 7.05 Å². The number of oxazole rings is 1. The number of hydrogen-bond donors (Lipinski definition) is 2. The maximum absolute atomic E-state index is 5.06. The molecule has 0 saturated heterocycles. The van der Waals surface area contributed by atoms with Crippen LogP contribution in [0.1, 0.15) is 280 Å². The van der Waals surface area contributed by atoms with E-state index in [0.29, 0.717) is 0 Å². The summed E-state index contributed by atoms with van der Waals surface area (Å²) in [5.41, 5.74) is 18.0. The van der Waals surface area contributed by atoms with E-state index in [1.54, 1.807) is 41.8 Å². The quantitative estimate of drug-likeness (QED) is 0.148. The molecule has 16 rings (SSSR count). The Morgan fingerprint density at radius 1 is 0.296 bits per heavy atom. The van der Waals surface area contributed by atoms with Crippen LogP contribution >= 0.6 is 23.1 Å². The van der Waals surface area contributed by atoms with Crippen LogP contribution in [0.25, 0.3) is 86.0 Å². The SMILES string of the molecule is CC.CC.CC.CC.CC.CC.CC.CC.CC.CC.CC.CC.CC.CC.CC.CC.CC.Cc1ccc2[nH]ncc2c1.Cc1ccc2cnn(C)c2c1.Cc1ccc2cnoc2c1.Cc1ccc2cnsc2c1.Cc1ccc2nc[nH]c2c1.Cc1ccc2ocnc2c1.Cc1ccc2oncc2c1.Cc1ccc2sncc2c1. The number of rotatable bonds is 0. The van der Waals surface area contributed by atoms with Gasteiger partial charge < -0.3 is 18.4 Å². The minimum Gasteiger partial charge on any atom is -0.443 e. The number of aromatic amines is 2. The van der Waals surface area contributed by atoms with Crippen LogP contribution in [0.2, 0.25) is 0 Å². The Kier molecular flexibility index (Phi) is 94.9. The maximum Gasteiger partial charge on any atom is 0.181 e. The van der Waals surface area contributed by atoms with Gasteiger partial charge in [-0.05, 0) is 191 Å². The molecular weight excluding hydrogens is 1460 g/mol. The Hall–Kier alpha value is -9.64. The number of nitrogens with one attached hydrogen (secondary N) is 2. The zero-order chi connectivity index (χ0) is 90.7. The lowest BCUT2D eigenvalue weighted by molar-refractivity contribution is 0.456. The summed E-state index contributed by atoms with van der Waals surface area (Å²) in [5, 5.41) is 25.3. The zero-order valence-corrected chi connectivity index (χ0v) is 82.2. The normalized spacial score (nSPS) is 8.30. The molecule has 0 bridgehead atoms. The van der Waals surface area contributed by atoms with E-state index in [2.05, 4.69) is 163 Å². The van der Waals surface area contributed by atoms with Gasteiger partial charge in [0, 0.05) is 51.8 Å². The summed E-state index contributed by atoms with van der Waals surface area (Å²) >= 11 is 3.10. The number of imidazole rings is 1. The largest absolute Gasteiger partial charge is 0.443 e. The Balaban J connectivity index is -0.000000151. The highest BCUT2D eigenvalue weighted by Crippen LogP contribution is 2.21. The van der Waals surface area contributed by atoms with Crippen LogP contribution in [-0.4, -0.2) is 54.0 Å². The van der Waals surface area contributed by atoms with Gasteiger partial charge >= 0.3 is 0 Å². The minimum atomic E-state index is 0.852. The monoisotopic (exact) mass is 1620 g/mol. The first-order chi connectivity index (χ1) is 56.3. The van der Waals surface area contributed by atoms with Crippen molar-refractivity contribution in [2.45, 2.75) is 291 Å². The molecule has 2 N–H and O–H groups in total. The molecule has 0 radical (unpaired) electrons. The minimum absolute atomic E-state index is 0.852. The smallest absolute Gasteiger partial charge is 0.181 e. The Labute approximate surface area is 709 Å². The predicted octanol–water partition coefficient (Wildman–Crippen LogP) is 34.7. The fraction of sp³-hybridized carbons (Fsp3) is 0.434. The lowest BCUT2D eigenvalue weighted by atomic mass is 10.2. The average molecular weight is 1620 g/mol. The van der Waals surface area contributed by atoms with Gasteiger partial charge in [0.15, 0.2) is 23.1 Å². The molecule has 0 aliphatic rings. The van der Waals surface area contributed by atoms with E-state index in [4.69, 9.17) is 13.5 Å². The molecule has 0 amide bonds. The van der Waals surface area contributed by atoms with Crippen molar-refractivity contribution >= 4 is 109 Å². The van der Waals surface area contributed by atoms with Crippen LogP contribution < -0.4 is 0 Å². The molecule has 0 fully saturated rings. The fourth-order valence-electron chi connectivity index (χ4n) is 8.25. The average Bonchev–Trinajstić information content (AvgIpc) is 1.68. The fourth-order valence-corrected chi connectivity index (χ4v) is 9.62.